The zero-order valence-electron chi connectivity index (χ0n) is 13.8. The van der Waals surface area contributed by atoms with Gasteiger partial charge in [-0.3, -0.25) is 0 Å². The van der Waals surface area contributed by atoms with E-state index < -0.39 is 5.97 Å². The SMILES string of the molecule is O=C(OCc1ccc(-c2nc3ccccc3o2)cc1)c1cccc(O)c1. The van der Waals surface area contributed by atoms with Gasteiger partial charge >= 0.3 is 5.97 Å². The van der Waals surface area contributed by atoms with E-state index in [2.05, 4.69) is 4.98 Å². The van der Waals surface area contributed by atoms with Gasteiger partial charge < -0.3 is 14.3 Å². The summed E-state index contributed by atoms with van der Waals surface area (Å²) in [7, 11) is 0. The summed E-state index contributed by atoms with van der Waals surface area (Å²) in [6.45, 7) is 0.141. The number of carbonyl (C=O) groups is 1. The topological polar surface area (TPSA) is 72.6 Å². The smallest absolute Gasteiger partial charge is 0.338 e. The number of ether oxygens (including phenoxy) is 1. The first kappa shape index (κ1) is 15.9. The quantitative estimate of drug-likeness (QED) is 0.549. The third-order valence-corrected chi connectivity index (χ3v) is 3.95. The van der Waals surface area contributed by atoms with Crippen molar-refractivity contribution in [2.24, 2.45) is 0 Å². The summed E-state index contributed by atoms with van der Waals surface area (Å²) < 4.78 is 11.0. The van der Waals surface area contributed by atoms with Crippen molar-refractivity contribution >= 4 is 17.1 Å². The summed E-state index contributed by atoms with van der Waals surface area (Å²) in [4.78, 5) is 16.5. The molecule has 128 valence electrons. The molecule has 0 aliphatic heterocycles. The number of nitrogens with zero attached hydrogens (tertiary/aromatic N) is 1. The van der Waals surface area contributed by atoms with Crippen molar-refractivity contribution in [1.29, 1.82) is 0 Å². The minimum atomic E-state index is -0.482. The van der Waals surface area contributed by atoms with Gasteiger partial charge in [0.15, 0.2) is 5.58 Å². The first-order chi connectivity index (χ1) is 12.7. The number of phenols is 1. The zero-order chi connectivity index (χ0) is 17.9. The van der Waals surface area contributed by atoms with Crippen LogP contribution in [0.5, 0.6) is 5.75 Å². The first-order valence-electron chi connectivity index (χ1n) is 8.10. The van der Waals surface area contributed by atoms with Crippen LogP contribution >= 0.6 is 0 Å². The number of fused-ring (bicyclic) bond motifs is 1. The molecule has 1 N–H and O–H groups in total. The lowest BCUT2D eigenvalue weighted by Gasteiger charge is -2.06. The largest absolute Gasteiger partial charge is 0.508 e. The fourth-order valence-corrected chi connectivity index (χ4v) is 2.60. The van der Waals surface area contributed by atoms with Crippen LogP contribution in [0.3, 0.4) is 0 Å². The fourth-order valence-electron chi connectivity index (χ4n) is 2.60. The Kier molecular flexibility index (Phi) is 4.11. The van der Waals surface area contributed by atoms with Gasteiger partial charge in [-0.2, -0.15) is 0 Å². The minimum absolute atomic E-state index is 0.0298. The van der Waals surface area contributed by atoms with Gasteiger partial charge in [-0.15, -0.1) is 0 Å². The number of hydrogen-bond acceptors (Lipinski definition) is 5. The van der Waals surface area contributed by atoms with Crippen LogP contribution in [0.2, 0.25) is 0 Å². The summed E-state index contributed by atoms with van der Waals surface area (Å²) >= 11 is 0. The number of oxazole rings is 1. The molecule has 0 radical (unpaired) electrons. The fraction of sp³-hybridized carbons (Fsp3) is 0.0476. The second-order valence-corrected chi connectivity index (χ2v) is 5.81. The molecular weight excluding hydrogens is 330 g/mol. The van der Waals surface area contributed by atoms with Crippen molar-refractivity contribution in [3.63, 3.8) is 0 Å². The zero-order valence-corrected chi connectivity index (χ0v) is 13.8. The number of aromatic hydroxyl groups is 1. The molecule has 1 aromatic heterocycles. The van der Waals surface area contributed by atoms with Gasteiger partial charge in [0.2, 0.25) is 5.89 Å². The van der Waals surface area contributed by atoms with Gasteiger partial charge in [-0.05, 0) is 48.0 Å². The molecule has 5 heteroatoms. The van der Waals surface area contributed by atoms with Crippen molar-refractivity contribution in [2.45, 2.75) is 6.61 Å². The lowest BCUT2D eigenvalue weighted by Crippen LogP contribution is -2.04. The Bertz CT molecular complexity index is 1030. The predicted octanol–water partition coefficient (Wildman–Crippen LogP) is 4.56. The molecule has 4 aromatic rings. The standard InChI is InChI=1S/C21H15NO4/c23-17-5-3-4-16(12-17)21(24)25-13-14-8-10-15(11-9-14)20-22-18-6-1-2-7-19(18)26-20/h1-12,23H,13H2. The number of rotatable bonds is 4. The first-order valence-corrected chi connectivity index (χ1v) is 8.10. The van der Waals surface area contributed by atoms with Crippen LogP contribution in [0.15, 0.2) is 77.2 Å². The van der Waals surface area contributed by atoms with Crippen molar-refractivity contribution in [1.82, 2.24) is 4.98 Å². The maximum Gasteiger partial charge on any atom is 0.338 e. The van der Waals surface area contributed by atoms with E-state index in [1.165, 1.54) is 12.1 Å². The molecule has 0 bridgehead atoms. The molecule has 0 aliphatic rings. The summed E-state index contributed by atoms with van der Waals surface area (Å²) in [6, 6.07) is 21.1. The maximum absolute atomic E-state index is 12.0. The predicted molar refractivity (Wildman–Crippen MR) is 96.7 cm³/mol. The molecule has 1 heterocycles. The molecule has 0 aliphatic carbocycles. The number of aromatic nitrogens is 1. The molecular formula is C21H15NO4. The lowest BCUT2D eigenvalue weighted by atomic mass is 10.1. The Hall–Kier alpha value is -3.60. The third kappa shape index (κ3) is 3.28. The highest BCUT2D eigenvalue weighted by atomic mass is 16.5. The normalized spacial score (nSPS) is 10.8. The molecule has 3 aromatic carbocycles. The van der Waals surface area contributed by atoms with Gasteiger partial charge in [0, 0.05) is 5.56 Å². The van der Waals surface area contributed by atoms with Crippen molar-refractivity contribution in [2.75, 3.05) is 0 Å². The van der Waals surface area contributed by atoms with Crippen LogP contribution in [0.1, 0.15) is 15.9 Å². The molecule has 0 saturated heterocycles. The van der Waals surface area contributed by atoms with Crippen LogP contribution < -0.4 is 0 Å². The second kappa shape index (κ2) is 6.72. The molecule has 5 nitrogen and oxygen atoms in total. The Labute approximate surface area is 149 Å². The van der Waals surface area contributed by atoms with Crippen molar-refractivity contribution < 1.29 is 19.1 Å². The molecule has 0 unspecified atom stereocenters. The van der Waals surface area contributed by atoms with E-state index in [9.17, 15) is 9.90 Å². The molecule has 0 fully saturated rings. The Balaban J connectivity index is 1.45. The van der Waals surface area contributed by atoms with Gasteiger partial charge in [-0.1, -0.05) is 30.3 Å². The average molecular weight is 345 g/mol. The van der Waals surface area contributed by atoms with Crippen LogP contribution in [0.25, 0.3) is 22.6 Å². The summed E-state index contributed by atoms with van der Waals surface area (Å²) in [5.41, 5.74) is 3.56. The number of carbonyl (C=O) groups excluding carboxylic acids is 1. The molecule has 0 spiro atoms. The van der Waals surface area contributed by atoms with E-state index in [-0.39, 0.29) is 12.4 Å². The van der Waals surface area contributed by atoms with E-state index in [0.717, 1.165) is 22.2 Å². The van der Waals surface area contributed by atoms with E-state index >= 15 is 0 Å². The maximum atomic E-state index is 12.0. The van der Waals surface area contributed by atoms with Crippen molar-refractivity contribution in [3.05, 3.63) is 83.9 Å². The van der Waals surface area contributed by atoms with Crippen LogP contribution in [-0.4, -0.2) is 16.1 Å². The Morgan fingerprint density at radius 3 is 2.58 bits per heavy atom. The van der Waals surface area contributed by atoms with Gasteiger partial charge in [0.05, 0.1) is 5.56 Å². The van der Waals surface area contributed by atoms with Gasteiger partial charge in [0.25, 0.3) is 0 Å². The third-order valence-electron chi connectivity index (χ3n) is 3.95. The summed E-state index contributed by atoms with van der Waals surface area (Å²) in [6.07, 6.45) is 0. The Morgan fingerprint density at radius 2 is 1.81 bits per heavy atom. The highest BCUT2D eigenvalue weighted by molar-refractivity contribution is 5.89. The molecule has 4 rings (SSSR count). The van der Waals surface area contributed by atoms with E-state index in [4.69, 9.17) is 9.15 Å². The monoisotopic (exact) mass is 345 g/mol. The summed E-state index contributed by atoms with van der Waals surface area (Å²) in [5.74, 6) is 0.0978. The number of benzene rings is 3. The number of hydrogen-bond donors (Lipinski definition) is 1. The van der Waals surface area contributed by atoms with Gasteiger partial charge in [-0.25, -0.2) is 9.78 Å². The lowest BCUT2D eigenvalue weighted by molar-refractivity contribution is 0.0472. The molecule has 0 atom stereocenters. The second-order valence-electron chi connectivity index (χ2n) is 5.81. The van der Waals surface area contributed by atoms with Crippen molar-refractivity contribution in [3.8, 4) is 17.2 Å². The van der Waals surface area contributed by atoms with E-state index in [1.54, 1.807) is 12.1 Å². The van der Waals surface area contributed by atoms with E-state index in [0.29, 0.717) is 11.5 Å². The number of phenolic OH excluding ortho intramolecular Hbond substituents is 1. The van der Waals surface area contributed by atoms with Gasteiger partial charge in [0.1, 0.15) is 17.9 Å². The van der Waals surface area contributed by atoms with Crippen LogP contribution in [-0.2, 0) is 11.3 Å². The number of esters is 1. The molecule has 0 saturated carbocycles. The highest BCUT2D eigenvalue weighted by Gasteiger charge is 2.10. The highest BCUT2D eigenvalue weighted by Crippen LogP contribution is 2.24. The molecule has 0 amide bonds. The Morgan fingerprint density at radius 1 is 1.00 bits per heavy atom. The summed E-state index contributed by atoms with van der Waals surface area (Å²) in [5, 5.41) is 9.42. The minimum Gasteiger partial charge on any atom is -0.508 e. The van der Waals surface area contributed by atoms with E-state index in [1.807, 2.05) is 48.5 Å². The number of para-hydroxylation sites is 2. The van der Waals surface area contributed by atoms with Crippen LogP contribution in [0, 0.1) is 0 Å². The average Bonchev–Trinajstić information content (AvgIpc) is 3.11. The van der Waals surface area contributed by atoms with Crippen LogP contribution in [0.4, 0.5) is 0 Å². The molecule has 26 heavy (non-hydrogen) atoms.